The molecular formula is C18H25NO4. The molecule has 0 bridgehead atoms. The fraction of sp³-hybridized carbons (Fsp3) is 0.667. The summed E-state index contributed by atoms with van der Waals surface area (Å²) in [6, 6.07) is 0. The lowest BCUT2D eigenvalue weighted by Gasteiger charge is -2.42. The zero-order valence-electron chi connectivity index (χ0n) is 14.1. The van der Waals surface area contributed by atoms with E-state index in [4.69, 9.17) is 4.74 Å². The van der Waals surface area contributed by atoms with Crippen LogP contribution in [0.5, 0.6) is 0 Å². The molecule has 2 aliphatic carbocycles. The normalized spacial score (nSPS) is 35.6. The average Bonchev–Trinajstić information content (AvgIpc) is 2.79. The Balaban J connectivity index is 1.76. The van der Waals surface area contributed by atoms with Gasteiger partial charge in [0.05, 0.1) is 19.6 Å². The molecule has 4 unspecified atom stereocenters. The summed E-state index contributed by atoms with van der Waals surface area (Å²) in [5.41, 5.74) is 2.83. The molecule has 1 heterocycles. The molecule has 0 aromatic carbocycles. The SMILES string of the molecule is COC(=O)CNCC1C(=O)OC2CC3(C)CCC=C(C)C3=CC21. The number of esters is 2. The second kappa shape index (κ2) is 6.11. The Morgan fingerprint density at radius 2 is 2.30 bits per heavy atom. The standard InChI is InChI=1S/C18H25NO4/c1-11-5-4-6-18(2)8-15-12(7-14(11)18)13(17(21)23-15)9-19-10-16(20)22-3/h5,7,12-13,15,19H,4,6,8-10H2,1-3H3. The molecular weight excluding hydrogens is 294 g/mol. The van der Waals surface area contributed by atoms with Gasteiger partial charge in [-0.1, -0.05) is 24.6 Å². The van der Waals surface area contributed by atoms with Gasteiger partial charge in [0.15, 0.2) is 0 Å². The van der Waals surface area contributed by atoms with E-state index >= 15 is 0 Å². The highest BCUT2D eigenvalue weighted by Gasteiger charge is 2.50. The van der Waals surface area contributed by atoms with E-state index in [1.807, 2.05) is 0 Å². The van der Waals surface area contributed by atoms with Crippen molar-refractivity contribution in [2.75, 3.05) is 20.2 Å². The fourth-order valence-electron chi connectivity index (χ4n) is 4.26. The Labute approximate surface area is 137 Å². The van der Waals surface area contributed by atoms with E-state index in [1.54, 1.807) is 0 Å². The van der Waals surface area contributed by atoms with Gasteiger partial charge in [-0.05, 0) is 37.2 Å². The van der Waals surface area contributed by atoms with Crippen LogP contribution in [0, 0.1) is 17.3 Å². The third-order valence-corrected chi connectivity index (χ3v) is 5.56. The lowest BCUT2D eigenvalue weighted by atomic mass is 9.62. The molecule has 0 aromatic heterocycles. The Bertz CT molecular complexity index is 580. The van der Waals surface area contributed by atoms with Gasteiger partial charge in [0.1, 0.15) is 6.10 Å². The van der Waals surface area contributed by atoms with Crippen LogP contribution in [0.1, 0.15) is 33.1 Å². The molecule has 126 valence electrons. The van der Waals surface area contributed by atoms with Crippen molar-refractivity contribution in [1.29, 1.82) is 0 Å². The van der Waals surface area contributed by atoms with Crippen LogP contribution < -0.4 is 5.32 Å². The van der Waals surface area contributed by atoms with Crippen molar-refractivity contribution in [3.63, 3.8) is 0 Å². The minimum Gasteiger partial charge on any atom is -0.468 e. The van der Waals surface area contributed by atoms with Crippen LogP contribution >= 0.6 is 0 Å². The highest BCUT2D eigenvalue weighted by atomic mass is 16.6. The molecule has 5 heteroatoms. The zero-order valence-corrected chi connectivity index (χ0v) is 14.1. The summed E-state index contributed by atoms with van der Waals surface area (Å²) >= 11 is 0. The van der Waals surface area contributed by atoms with Gasteiger partial charge in [-0.3, -0.25) is 9.59 Å². The van der Waals surface area contributed by atoms with Gasteiger partial charge >= 0.3 is 11.9 Å². The minimum absolute atomic E-state index is 0.0351. The van der Waals surface area contributed by atoms with E-state index in [-0.39, 0.29) is 41.8 Å². The lowest BCUT2D eigenvalue weighted by molar-refractivity contribution is -0.145. The third-order valence-electron chi connectivity index (χ3n) is 5.56. The Morgan fingerprint density at radius 1 is 1.52 bits per heavy atom. The minimum atomic E-state index is -0.325. The van der Waals surface area contributed by atoms with Crippen LogP contribution in [0.25, 0.3) is 0 Å². The molecule has 3 aliphatic rings. The summed E-state index contributed by atoms with van der Waals surface area (Å²) in [4.78, 5) is 23.5. The summed E-state index contributed by atoms with van der Waals surface area (Å²) in [5, 5.41) is 3.01. The van der Waals surface area contributed by atoms with Crippen LogP contribution in [-0.4, -0.2) is 38.2 Å². The predicted molar refractivity (Wildman–Crippen MR) is 85.5 cm³/mol. The number of fused-ring (bicyclic) bond motifs is 2. The molecule has 0 radical (unpaired) electrons. The number of hydrogen-bond acceptors (Lipinski definition) is 5. The van der Waals surface area contributed by atoms with Gasteiger partial charge in [0.25, 0.3) is 0 Å². The molecule has 1 saturated heterocycles. The molecule has 0 aromatic rings. The van der Waals surface area contributed by atoms with E-state index in [0.717, 1.165) is 19.3 Å². The first-order valence-electron chi connectivity index (χ1n) is 8.32. The van der Waals surface area contributed by atoms with Crippen molar-refractivity contribution in [1.82, 2.24) is 5.32 Å². The van der Waals surface area contributed by atoms with Crippen LogP contribution in [0.4, 0.5) is 0 Å². The number of methoxy groups -OCH3 is 1. The maximum atomic E-state index is 12.3. The number of hydrogen-bond donors (Lipinski definition) is 1. The maximum Gasteiger partial charge on any atom is 0.319 e. The first kappa shape index (κ1) is 16.2. The van der Waals surface area contributed by atoms with Crippen LogP contribution in [-0.2, 0) is 19.1 Å². The Hall–Kier alpha value is -1.62. The fourth-order valence-corrected chi connectivity index (χ4v) is 4.26. The highest BCUT2D eigenvalue weighted by molar-refractivity contribution is 5.77. The molecule has 1 fully saturated rings. The highest BCUT2D eigenvalue weighted by Crippen LogP contribution is 2.52. The summed E-state index contributed by atoms with van der Waals surface area (Å²) in [6.45, 7) is 5.00. The Morgan fingerprint density at radius 3 is 3.04 bits per heavy atom. The van der Waals surface area contributed by atoms with Gasteiger partial charge in [-0.25, -0.2) is 0 Å². The number of allylic oxidation sites excluding steroid dienone is 3. The van der Waals surface area contributed by atoms with Gasteiger partial charge in [0, 0.05) is 12.5 Å². The first-order chi connectivity index (χ1) is 10.9. The number of ether oxygens (including phenoxy) is 2. The summed E-state index contributed by atoms with van der Waals surface area (Å²) < 4.78 is 10.3. The third kappa shape index (κ3) is 2.94. The predicted octanol–water partition coefficient (Wildman–Crippen LogP) is 1.98. The number of carbonyl (C=O) groups is 2. The van der Waals surface area contributed by atoms with Crippen molar-refractivity contribution < 1.29 is 19.1 Å². The number of rotatable bonds is 4. The average molecular weight is 319 g/mol. The zero-order chi connectivity index (χ0) is 16.6. The number of carbonyl (C=O) groups excluding carboxylic acids is 2. The second-order valence-corrected chi connectivity index (χ2v) is 7.14. The molecule has 1 N–H and O–H groups in total. The monoisotopic (exact) mass is 319 g/mol. The lowest BCUT2D eigenvalue weighted by Crippen LogP contribution is -2.39. The van der Waals surface area contributed by atoms with E-state index in [9.17, 15) is 9.59 Å². The molecule has 0 saturated carbocycles. The van der Waals surface area contributed by atoms with Crippen LogP contribution in [0.15, 0.2) is 23.3 Å². The van der Waals surface area contributed by atoms with Crippen molar-refractivity contribution in [2.45, 2.75) is 39.2 Å². The molecule has 3 rings (SSSR count). The number of nitrogens with one attached hydrogen (secondary N) is 1. The van der Waals surface area contributed by atoms with Gasteiger partial charge in [-0.15, -0.1) is 0 Å². The first-order valence-corrected chi connectivity index (χ1v) is 8.32. The van der Waals surface area contributed by atoms with Crippen molar-refractivity contribution in [3.8, 4) is 0 Å². The van der Waals surface area contributed by atoms with E-state index in [0.29, 0.717) is 6.54 Å². The summed E-state index contributed by atoms with van der Waals surface area (Å²) in [6.07, 6.45) is 7.61. The van der Waals surface area contributed by atoms with E-state index in [1.165, 1.54) is 18.3 Å². The van der Waals surface area contributed by atoms with Gasteiger partial charge in [-0.2, -0.15) is 0 Å². The van der Waals surface area contributed by atoms with E-state index in [2.05, 4.69) is 36.1 Å². The molecule has 0 spiro atoms. The second-order valence-electron chi connectivity index (χ2n) is 7.14. The van der Waals surface area contributed by atoms with E-state index < -0.39 is 0 Å². The Kier molecular flexibility index (Phi) is 4.32. The molecule has 4 atom stereocenters. The summed E-state index contributed by atoms with van der Waals surface area (Å²) in [7, 11) is 1.36. The molecule has 23 heavy (non-hydrogen) atoms. The van der Waals surface area contributed by atoms with Crippen molar-refractivity contribution in [3.05, 3.63) is 23.3 Å². The maximum absolute atomic E-state index is 12.3. The largest absolute Gasteiger partial charge is 0.468 e. The van der Waals surface area contributed by atoms with Gasteiger partial charge in [0.2, 0.25) is 0 Å². The topological polar surface area (TPSA) is 64.6 Å². The van der Waals surface area contributed by atoms with Gasteiger partial charge < -0.3 is 14.8 Å². The van der Waals surface area contributed by atoms with Crippen molar-refractivity contribution in [2.24, 2.45) is 17.3 Å². The van der Waals surface area contributed by atoms with Crippen LogP contribution in [0.3, 0.4) is 0 Å². The summed E-state index contributed by atoms with van der Waals surface area (Å²) in [5.74, 6) is -0.611. The molecule has 5 nitrogen and oxygen atoms in total. The quantitative estimate of drug-likeness (QED) is 0.803. The molecule has 0 amide bonds. The molecule has 1 aliphatic heterocycles. The smallest absolute Gasteiger partial charge is 0.319 e. The van der Waals surface area contributed by atoms with Crippen molar-refractivity contribution >= 4 is 11.9 Å². The van der Waals surface area contributed by atoms with Crippen LogP contribution in [0.2, 0.25) is 0 Å².